The van der Waals surface area contributed by atoms with Crippen LogP contribution >= 0.6 is 0 Å². The van der Waals surface area contributed by atoms with Gasteiger partial charge in [-0.1, -0.05) is 0 Å². The van der Waals surface area contributed by atoms with E-state index < -0.39 is 9.84 Å². The van der Waals surface area contributed by atoms with Gasteiger partial charge in [0.25, 0.3) is 0 Å². The van der Waals surface area contributed by atoms with Gasteiger partial charge in [0.2, 0.25) is 0 Å². The van der Waals surface area contributed by atoms with E-state index in [-0.39, 0.29) is 17.7 Å². The molecule has 2 saturated heterocycles. The molecule has 6 nitrogen and oxygen atoms in total. The van der Waals surface area contributed by atoms with Gasteiger partial charge in [-0.3, -0.25) is 0 Å². The average molecular weight is 344 g/mol. The Bertz CT molecular complexity index is 510. The van der Waals surface area contributed by atoms with Gasteiger partial charge in [0.1, 0.15) is 0 Å². The Morgan fingerprint density at radius 1 is 1.09 bits per heavy atom. The zero-order valence-electron chi connectivity index (χ0n) is 13.7. The summed E-state index contributed by atoms with van der Waals surface area (Å²) in [6.07, 6.45) is 6.30. The number of urea groups is 1. The number of nitrogens with one attached hydrogen (secondary N) is 1. The number of piperidine rings is 1. The summed E-state index contributed by atoms with van der Waals surface area (Å²) < 4.78 is 29.1. The van der Waals surface area contributed by atoms with Crippen LogP contribution in [0.3, 0.4) is 0 Å². The van der Waals surface area contributed by atoms with E-state index in [1.165, 1.54) is 12.8 Å². The molecule has 3 rings (SSSR count). The van der Waals surface area contributed by atoms with Crippen molar-refractivity contribution >= 4 is 15.9 Å². The van der Waals surface area contributed by atoms with Gasteiger partial charge in [0.05, 0.1) is 17.6 Å². The first kappa shape index (κ1) is 17.0. The highest BCUT2D eigenvalue weighted by atomic mass is 32.2. The van der Waals surface area contributed by atoms with Crippen LogP contribution in [-0.4, -0.2) is 63.2 Å². The van der Waals surface area contributed by atoms with Crippen molar-refractivity contribution in [2.24, 2.45) is 11.8 Å². The summed E-state index contributed by atoms with van der Waals surface area (Å²) in [5.41, 5.74) is 0. The van der Waals surface area contributed by atoms with Gasteiger partial charge in [-0.2, -0.15) is 0 Å². The number of nitrogens with zero attached hydrogens (tertiary/aromatic N) is 1. The summed E-state index contributed by atoms with van der Waals surface area (Å²) in [6, 6.07) is -0.0615. The van der Waals surface area contributed by atoms with Crippen molar-refractivity contribution in [3.05, 3.63) is 0 Å². The molecule has 2 aliphatic heterocycles. The Morgan fingerprint density at radius 3 is 2.48 bits per heavy atom. The fourth-order valence-corrected chi connectivity index (χ4v) is 5.18. The molecule has 1 atom stereocenters. The molecule has 23 heavy (non-hydrogen) atoms. The van der Waals surface area contributed by atoms with Crippen LogP contribution in [0.5, 0.6) is 0 Å². The summed E-state index contributed by atoms with van der Waals surface area (Å²) in [4.78, 5) is 14.0. The molecule has 0 aromatic rings. The lowest BCUT2D eigenvalue weighted by Gasteiger charge is -2.32. The van der Waals surface area contributed by atoms with E-state index in [9.17, 15) is 13.2 Å². The molecule has 3 aliphatic rings. The molecule has 1 unspecified atom stereocenters. The van der Waals surface area contributed by atoms with Crippen molar-refractivity contribution in [1.82, 2.24) is 10.2 Å². The van der Waals surface area contributed by atoms with Crippen molar-refractivity contribution < 1.29 is 17.9 Å². The van der Waals surface area contributed by atoms with Crippen LogP contribution in [0.25, 0.3) is 0 Å². The molecule has 7 heteroatoms. The lowest BCUT2D eigenvalue weighted by molar-refractivity contribution is 0.00943. The molecule has 0 radical (unpaired) electrons. The molecule has 1 saturated carbocycles. The standard InChI is InChI=1S/C16H28N2O4S/c19-16(17-10-14-2-1-9-23(20,21)12-14)18-7-5-15(6-8-18)22-11-13-3-4-13/h13-15H,1-12H2,(H,17,19). The number of amides is 2. The van der Waals surface area contributed by atoms with E-state index in [2.05, 4.69) is 5.32 Å². The topological polar surface area (TPSA) is 75.7 Å². The Balaban J connectivity index is 1.34. The van der Waals surface area contributed by atoms with Crippen molar-refractivity contribution in [3.63, 3.8) is 0 Å². The highest BCUT2D eigenvalue weighted by molar-refractivity contribution is 7.91. The lowest BCUT2D eigenvalue weighted by atomic mass is 10.1. The van der Waals surface area contributed by atoms with E-state index in [1.54, 1.807) is 0 Å². The first-order chi connectivity index (χ1) is 11.0. The summed E-state index contributed by atoms with van der Waals surface area (Å²) in [5.74, 6) is 1.36. The fourth-order valence-electron chi connectivity index (χ4n) is 3.40. The maximum Gasteiger partial charge on any atom is 0.317 e. The number of sulfone groups is 1. The molecule has 1 N–H and O–H groups in total. The summed E-state index contributed by atoms with van der Waals surface area (Å²) in [6.45, 7) is 2.80. The van der Waals surface area contributed by atoms with Gasteiger partial charge in [0, 0.05) is 26.2 Å². The number of hydrogen-bond acceptors (Lipinski definition) is 4. The largest absolute Gasteiger partial charge is 0.378 e. The molecule has 1 aliphatic carbocycles. The van der Waals surface area contributed by atoms with Gasteiger partial charge < -0.3 is 15.0 Å². The predicted octanol–water partition coefficient (Wildman–Crippen LogP) is 1.41. The quantitative estimate of drug-likeness (QED) is 0.818. The Labute approximate surface area is 138 Å². The number of rotatable bonds is 5. The van der Waals surface area contributed by atoms with Crippen LogP contribution in [0, 0.1) is 11.8 Å². The second-order valence-corrected chi connectivity index (χ2v) is 9.50. The van der Waals surface area contributed by atoms with Crippen LogP contribution in [-0.2, 0) is 14.6 Å². The van der Waals surface area contributed by atoms with E-state index in [4.69, 9.17) is 4.74 Å². The van der Waals surface area contributed by atoms with Crippen LogP contribution in [0.1, 0.15) is 38.5 Å². The minimum atomic E-state index is -2.90. The maximum absolute atomic E-state index is 12.2. The van der Waals surface area contributed by atoms with Gasteiger partial charge >= 0.3 is 6.03 Å². The second kappa shape index (κ2) is 7.38. The van der Waals surface area contributed by atoms with Crippen molar-refractivity contribution in [1.29, 1.82) is 0 Å². The first-order valence-corrected chi connectivity index (χ1v) is 10.7. The van der Waals surface area contributed by atoms with E-state index in [0.717, 1.165) is 44.9 Å². The average Bonchev–Trinajstić information content (AvgIpc) is 3.34. The lowest BCUT2D eigenvalue weighted by Crippen LogP contribution is -2.47. The van der Waals surface area contributed by atoms with Gasteiger partial charge in [-0.25, -0.2) is 13.2 Å². The minimum Gasteiger partial charge on any atom is -0.378 e. The molecule has 0 aromatic carbocycles. The third kappa shape index (κ3) is 5.35. The Kier molecular flexibility index (Phi) is 5.46. The molecule has 3 fully saturated rings. The molecule has 2 heterocycles. The molecule has 132 valence electrons. The monoisotopic (exact) mass is 344 g/mol. The summed E-state index contributed by atoms with van der Waals surface area (Å²) >= 11 is 0. The van der Waals surface area contributed by atoms with Gasteiger partial charge in [0.15, 0.2) is 9.84 Å². The van der Waals surface area contributed by atoms with Gasteiger partial charge in [-0.15, -0.1) is 0 Å². The van der Waals surface area contributed by atoms with Crippen LogP contribution < -0.4 is 5.32 Å². The second-order valence-electron chi connectivity index (χ2n) is 7.27. The van der Waals surface area contributed by atoms with Crippen molar-refractivity contribution in [2.75, 3.05) is 37.7 Å². The molecular formula is C16H28N2O4S. The van der Waals surface area contributed by atoms with Crippen LogP contribution in [0.4, 0.5) is 4.79 Å². The Hall–Kier alpha value is -0.820. The molecule has 0 bridgehead atoms. The summed E-state index contributed by atoms with van der Waals surface area (Å²) in [5, 5.41) is 2.92. The third-order valence-electron chi connectivity index (χ3n) is 5.09. The van der Waals surface area contributed by atoms with Crippen LogP contribution in [0.15, 0.2) is 0 Å². The van der Waals surface area contributed by atoms with E-state index >= 15 is 0 Å². The zero-order chi connectivity index (χ0) is 16.3. The molecular weight excluding hydrogens is 316 g/mol. The number of likely N-dealkylation sites (tertiary alicyclic amines) is 1. The van der Waals surface area contributed by atoms with Crippen molar-refractivity contribution in [3.8, 4) is 0 Å². The number of carbonyl (C=O) groups excluding carboxylic acids is 1. The minimum absolute atomic E-state index is 0.0615. The number of hydrogen-bond donors (Lipinski definition) is 1. The van der Waals surface area contributed by atoms with E-state index in [0.29, 0.717) is 24.8 Å². The number of carbonyl (C=O) groups is 1. The smallest absolute Gasteiger partial charge is 0.317 e. The normalized spacial score (nSPS) is 28.5. The SMILES string of the molecule is O=C(NCC1CCCS(=O)(=O)C1)N1CCC(OCC2CC2)CC1. The first-order valence-electron chi connectivity index (χ1n) is 8.86. The molecule has 0 aromatic heterocycles. The number of ether oxygens (including phenoxy) is 1. The molecule has 2 amide bonds. The maximum atomic E-state index is 12.2. The molecule has 0 spiro atoms. The van der Waals surface area contributed by atoms with E-state index in [1.807, 2.05) is 4.90 Å². The van der Waals surface area contributed by atoms with Crippen LogP contribution in [0.2, 0.25) is 0 Å². The van der Waals surface area contributed by atoms with Crippen molar-refractivity contribution in [2.45, 2.75) is 44.6 Å². The highest BCUT2D eigenvalue weighted by Crippen LogP contribution is 2.30. The Morgan fingerprint density at radius 2 is 1.83 bits per heavy atom. The van der Waals surface area contributed by atoms with Gasteiger partial charge in [-0.05, 0) is 50.4 Å². The zero-order valence-corrected chi connectivity index (χ0v) is 14.5. The predicted molar refractivity (Wildman–Crippen MR) is 88.0 cm³/mol. The summed E-state index contributed by atoms with van der Waals surface area (Å²) in [7, 11) is -2.90. The highest BCUT2D eigenvalue weighted by Gasteiger charge is 2.28. The third-order valence-corrected chi connectivity index (χ3v) is 6.98. The fraction of sp³-hybridized carbons (Fsp3) is 0.938.